The van der Waals surface area contributed by atoms with E-state index in [1.165, 1.54) is 31.2 Å². The molecule has 2 nitrogen and oxygen atoms in total. The molecule has 1 aromatic carbocycles. The van der Waals surface area contributed by atoms with Crippen LogP contribution in [0.1, 0.15) is 64.9 Å². The maximum absolute atomic E-state index is 5.53. The fraction of sp³-hybridized carbons (Fsp3) is 0.684. The first kappa shape index (κ1) is 16.4. The second-order valence-electron chi connectivity index (χ2n) is 7.24. The van der Waals surface area contributed by atoms with Crippen LogP contribution >= 0.6 is 0 Å². The summed E-state index contributed by atoms with van der Waals surface area (Å²) in [5.41, 5.74) is 1.92. The van der Waals surface area contributed by atoms with Crippen LogP contribution in [-0.4, -0.2) is 13.4 Å². The largest absolute Gasteiger partial charge is 0.468 e. The monoisotopic (exact) mass is 290 g/mol. The molecule has 0 amide bonds. The van der Waals surface area contributed by atoms with Crippen molar-refractivity contribution >= 4 is 0 Å². The molecule has 118 valence electrons. The van der Waals surface area contributed by atoms with Crippen LogP contribution in [0.3, 0.4) is 0 Å². The van der Waals surface area contributed by atoms with Crippen molar-refractivity contribution in [1.82, 2.24) is 0 Å². The minimum atomic E-state index is 0.340. The van der Waals surface area contributed by atoms with Gasteiger partial charge in [0.05, 0.1) is 0 Å². The summed E-state index contributed by atoms with van der Waals surface area (Å²) >= 11 is 0. The van der Waals surface area contributed by atoms with Gasteiger partial charge < -0.3 is 9.47 Å². The highest BCUT2D eigenvalue weighted by atomic mass is 16.7. The van der Waals surface area contributed by atoms with Crippen LogP contribution in [0, 0.1) is 11.3 Å². The molecule has 0 unspecified atom stereocenters. The van der Waals surface area contributed by atoms with Crippen LogP contribution in [0.2, 0.25) is 0 Å². The molecule has 0 N–H and O–H groups in total. The van der Waals surface area contributed by atoms with Gasteiger partial charge in [-0.2, -0.15) is 0 Å². The van der Waals surface area contributed by atoms with Gasteiger partial charge in [0, 0.05) is 6.61 Å². The molecular weight excluding hydrogens is 260 g/mol. The number of rotatable bonds is 5. The lowest BCUT2D eigenvalue weighted by Crippen LogP contribution is -2.25. The Bertz CT molecular complexity index is 408. The smallest absolute Gasteiger partial charge is 0.189 e. The van der Waals surface area contributed by atoms with Gasteiger partial charge in [-0.3, -0.25) is 0 Å². The lowest BCUT2D eigenvalue weighted by atomic mass is 9.69. The van der Waals surface area contributed by atoms with E-state index in [1.807, 2.05) is 6.92 Å². The Kier molecular flexibility index (Phi) is 5.69. The van der Waals surface area contributed by atoms with Crippen molar-refractivity contribution < 1.29 is 9.47 Å². The van der Waals surface area contributed by atoms with E-state index in [1.54, 1.807) is 0 Å². The topological polar surface area (TPSA) is 18.5 Å². The average Bonchev–Trinajstić information content (AvgIpc) is 2.48. The van der Waals surface area contributed by atoms with Gasteiger partial charge in [0.25, 0.3) is 0 Å². The summed E-state index contributed by atoms with van der Waals surface area (Å²) in [5.74, 6) is 2.50. The second kappa shape index (κ2) is 7.31. The maximum atomic E-state index is 5.53. The molecule has 0 aliphatic heterocycles. The van der Waals surface area contributed by atoms with Crippen molar-refractivity contribution in [2.75, 3.05) is 13.4 Å². The summed E-state index contributed by atoms with van der Waals surface area (Å²) in [6.45, 7) is 10.1. The van der Waals surface area contributed by atoms with Crippen LogP contribution in [0.15, 0.2) is 24.3 Å². The van der Waals surface area contributed by atoms with Crippen molar-refractivity contribution in [2.24, 2.45) is 11.3 Å². The molecule has 0 heterocycles. The Balaban J connectivity index is 1.86. The first-order valence-corrected chi connectivity index (χ1v) is 8.31. The van der Waals surface area contributed by atoms with Crippen LogP contribution in [0.25, 0.3) is 0 Å². The molecule has 0 saturated heterocycles. The summed E-state index contributed by atoms with van der Waals surface area (Å²) < 4.78 is 10.7. The van der Waals surface area contributed by atoms with Gasteiger partial charge >= 0.3 is 0 Å². The van der Waals surface area contributed by atoms with E-state index in [9.17, 15) is 0 Å². The molecule has 1 aromatic rings. The van der Waals surface area contributed by atoms with Gasteiger partial charge in [-0.25, -0.2) is 0 Å². The molecule has 1 aliphatic carbocycles. The van der Waals surface area contributed by atoms with Crippen molar-refractivity contribution in [2.45, 2.75) is 59.3 Å². The zero-order chi connectivity index (χ0) is 15.3. The van der Waals surface area contributed by atoms with E-state index in [0.29, 0.717) is 18.8 Å². The van der Waals surface area contributed by atoms with E-state index < -0.39 is 0 Å². The van der Waals surface area contributed by atoms with Crippen LogP contribution in [0.4, 0.5) is 0 Å². The second-order valence-corrected chi connectivity index (χ2v) is 7.24. The summed E-state index contributed by atoms with van der Waals surface area (Å²) in [7, 11) is 0. The van der Waals surface area contributed by atoms with Gasteiger partial charge in [-0.05, 0) is 67.6 Å². The molecule has 0 atom stereocenters. The van der Waals surface area contributed by atoms with Crippen LogP contribution in [0.5, 0.6) is 5.75 Å². The zero-order valence-electron chi connectivity index (χ0n) is 14.0. The first-order chi connectivity index (χ1) is 10.0. The highest BCUT2D eigenvalue weighted by Crippen LogP contribution is 2.43. The molecule has 1 aliphatic rings. The number of ether oxygens (including phenoxy) is 2. The molecule has 21 heavy (non-hydrogen) atoms. The van der Waals surface area contributed by atoms with E-state index in [4.69, 9.17) is 9.47 Å². The Labute approximate surface area is 129 Å². The lowest BCUT2D eigenvalue weighted by molar-refractivity contribution is 0.0224. The SMILES string of the molecule is CCOCOc1ccc(C2CCC(C(C)(C)C)CC2)cc1. The highest BCUT2D eigenvalue weighted by Gasteiger charge is 2.30. The lowest BCUT2D eigenvalue weighted by Gasteiger charge is -2.37. The maximum Gasteiger partial charge on any atom is 0.189 e. The van der Waals surface area contributed by atoms with Gasteiger partial charge in [-0.1, -0.05) is 32.9 Å². The third-order valence-corrected chi connectivity index (χ3v) is 4.82. The van der Waals surface area contributed by atoms with Gasteiger partial charge in [0.2, 0.25) is 0 Å². The van der Waals surface area contributed by atoms with E-state index in [-0.39, 0.29) is 0 Å². The normalized spacial score (nSPS) is 23.0. The van der Waals surface area contributed by atoms with Crippen LogP contribution < -0.4 is 4.74 Å². The Morgan fingerprint density at radius 1 is 1.00 bits per heavy atom. The summed E-state index contributed by atoms with van der Waals surface area (Å²) in [6.07, 6.45) is 5.36. The third kappa shape index (κ3) is 4.74. The standard InChI is InChI=1S/C19H30O2/c1-5-20-14-21-18-12-8-16(9-13-18)15-6-10-17(11-7-15)19(2,3)4/h8-9,12-13,15,17H,5-7,10-11,14H2,1-4H3. The summed E-state index contributed by atoms with van der Waals surface area (Å²) in [5, 5.41) is 0. The summed E-state index contributed by atoms with van der Waals surface area (Å²) in [6, 6.07) is 8.60. The predicted octanol–water partition coefficient (Wildman–Crippen LogP) is 5.38. The quantitative estimate of drug-likeness (QED) is 0.535. The van der Waals surface area contributed by atoms with Gasteiger partial charge in [-0.15, -0.1) is 0 Å². The number of hydrogen-bond donors (Lipinski definition) is 0. The van der Waals surface area contributed by atoms with E-state index in [0.717, 1.165) is 17.6 Å². The third-order valence-electron chi connectivity index (χ3n) is 4.82. The minimum Gasteiger partial charge on any atom is -0.468 e. The molecule has 0 radical (unpaired) electrons. The number of benzene rings is 1. The molecule has 1 fully saturated rings. The molecule has 0 spiro atoms. The predicted molar refractivity (Wildman–Crippen MR) is 87.7 cm³/mol. The van der Waals surface area contributed by atoms with Crippen molar-refractivity contribution in [3.05, 3.63) is 29.8 Å². The van der Waals surface area contributed by atoms with E-state index in [2.05, 4.69) is 45.0 Å². The fourth-order valence-electron chi connectivity index (χ4n) is 3.32. The Morgan fingerprint density at radius 2 is 1.62 bits per heavy atom. The molecule has 0 aromatic heterocycles. The minimum absolute atomic E-state index is 0.340. The summed E-state index contributed by atoms with van der Waals surface area (Å²) in [4.78, 5) is 0. The van der Waals surface area contributed by atoms with E-state index >= 15 is 0 Å². The molecule has 2 rings (SSSR count). The molecular formula is C19H30O2. The highest BCUT2D eigenvalue weighted by molar-refractivity contribution is 5.29. The molecule has 1 saturated carbocycles. The van der Waals surface area contributed by atoms with Crippen molar-refractivity contribution in [3.8, 4) is 5.75 Å². The van der Waals surface area contributed by atoms with Crippen LogP contribution in [-0.2, 0) is 4.74 Å². The molecule has 0 bridgehead atoms. The van der Waals surface area contributed by atoms with Gasteiger partial charge in [0.1, 0.15) is 5.75 Å². The van der Waals surface area contributed by atoms with Crippen molar-refractivity contribution in [3.63, 3.8) is 0 Å². The average molecular weight is 290 g/mol. The zero-order valence-corrected chi connectivity index (χ0v) is 14.0. The van der Waals surface area contributed by atoms with Crippen molar-refractivity contribution in [1.29, 1.82) is 0 Å². The Hall–Kier alpha value is -1.02. The first-order valence-electron chi connectivity index (χ1n) is 8.31. The molecule has 2 heteroatoms. The fourth-order valence-corrected chi connectivity index (χ4v) is 3.32. The van der Waals surface area contributed by atoms with Gasteiger partial charge in [0.15, 0.2) is 6.79 Å². The number of hydrogen-bond acceptors (Lipinski definition) is 2. The Morgan fingerprint density at radius 3 is 2.14 bits per heavy atom.